The van der Waals surface area contributed by atoms with E-state index in [1.807, 2.05) is 6.92 Å². The lowest BCUT2D eigenvalue weighted by molar-refractivity contribution is -0.274. The second kappa shape index (κ2) is 8.36. The first-order valence-electron chi connectivity index (χ1n) is 9.61. The van der Waals surface area contributed by atoms with Crippen LogP contribution in [0.25, 0.3) is 16.9 Å². The molecule has 12 heteroatoms. The first-order valence-corrected chi connectivity index (χ1v) is 9.61. The number of alkyl halides is 6. The van der Waals surface area contributed by atoms with E-state index in [0.29, 0.717) is 10.1 Å². The Balaban J connectivity index is 1.70. The molecule has 4 rings (SSSR count). The monoisotopic (exact) mass is 480 g/mol. The van der Waals surface area contributed by atoms with E-state index in [1.165, 1.54) is 0 Å². The van der Waals surface area contributed by atoms with Crippen molar-refractivity contribution in [3.05, 3.63) is 77.6 Å². The Labute approximate surface area is 187 Å². The summed E-state index contributed by atoms with van der Waals surface area (Å²) < 4.78 is 82.3. The molecule has 2 aromatic heterocycles. The van der Waals surface area contributed by atoms with Crippen LogP contribution in [-0.4, -0.2) is 26.9 Å². The van der Waals surface area contributed by atoms with E-state index in [2.05, 4.69) is 20.1 Å². The maximum atomic E-state index is 13.7. The Morgan fingerprint density at radius 2 is 1.62 bits per heavy atom. The van der Waals surface area contributed by atoms with Crippen molar-refractivity contribution >= 4 is 17.2 Å². The van der Waals surface area contributed by atoms with Crippen LogP contribution in [-0.2, 0) is 6.18 Å². The summed E-state index contributed by atoms with van der Waals surface area (Å²) in [5.74, 6) is -1.35. The number of anilines is 1. The Morgan fingerprint density at radius 3 is 2.21 bits per heavy atom. The van der Waals surface area contributed by atoms with E-state index >= 15 is 0 Å². The molecular formula is C22H14F6N4O2. The van der Waals surface area contributed by atoms with Crippen molar-refractivity contribution < 1.29 is 35.9 Å². The van der Waals surface area contributed by atoms with Crippen LogP contribution in [0.5, 0.6) is 5.75 Å². The number of hydrogen-bond acceptors (Lipinski definition) is 4. The fourth-order valence-electron chi connectivity index (χ4n) is 3.14. The predicted molar refractivity (Wildman–Crippen MR) is 109 cm³/mol. The van der Waals surface area contributed by atoms with Crippen molar-refractivity contribution in [3.63, 3.8) is 0 Å². The van der Waals surface area contributed by atoms with Gasteiger partial charge in [-0.2, -0.15) is 18.3 Å². The van der Waals surface area contributed by atoms with Crippen LogP contribution in [0.2, 0.25) is 0 Å². The number of carbonyl (C=O) groups excluding carboxylic acids is 1. The van der Waals surface area contributed by atoms with Crippen molar-refractivity contribution in [2.75, 3.05) is 5.32 Å². The number of aromatic nitrogens is 3. The highest BCUT2D eigenvalue weighted by atomic mass is 19.4. The quantitative estimate of drug-likeness (QED) is 0.371. The van der Waals surface area contributed by atoms with Crippen LogP contribution in [0.3, 0.4) is 0 Å². The van der Waals surface area contributed by atoms with E-state index < -0.39 is 29.9 Å². The van der Waals surface area contributed by atoms with Gasteiger partial charge in [0.15, 0.2) is 11.3 Å². The van der Waals surface area contributed by atoms with Crippen LogP contribution in [0.15, 0.2) is 60.8 Å². The molecule has 2 aromatic carbocycles. The standard InChI is InChI=1S/C22H14F6N4O2/c1-12-2-4-13(5-3-12)17-10-18(21(23,24)25)32-19(31-17)16(11-29-32)20(33)30-14-6-8-15(9-7-14)34-22(26,27)28/h2-11H,1H3,(H,30,33). The molecule has 176 valence electrons. The molecular weight excluding hydrogens is 466 g/mol. The average molecular weight is 480 g/mol. The molecule has 2 heterocycles. The van der Waals surface area contributed by atoms with Crippen molar-refractivity contribution in [3.8, 4) is 17.0 Å². The van der Waals surface area contributed by atoms with Gasteiger partial charge in [0.05, 0.1) is 11.9 Å². The SMILES string of the molecule is Cc1ccc(-c2cc(C(F)(F)F)n3ncc(C(=O)Nc4ccc(OC(F)(F)F)cc4)c3n2)cc1. The molecule has 0 aliphatic rings. The molecule has 0 saturated heterocycles. The highest BCUT2D eigenvalue weighted by Crippen LogP contribution is 2.33. The lowest BCUT2D eigenvalue weighted by Gasteiger charge is -2.12. The van der Waals surface area contributed by atoms with Crippen LogP contribution >= 0.6 is 0 Å². The molecule has 1 N–H and O–H groups in total. The molecule has 4 aromatic rings. The van der Waals surface area contributed by atoms with E-state index in [0.717, 1.165) is 42.1 Å². The van der Waals surface area contributed by atoms with Crippen LogP contribution in [0.4, 0.5) is 32.0 Å². The Bertz CT molecular complexity index is 1340. The molecule has 0 fully saturated rings. The van der Waals surface area contributed by atoms with Gasteiger partial charge in [0, 0.05) is 11.3 Å². The van der Waals surface area contributed by atoms with Gasteiger partial charge in [-0.25, -0.2) is 9.50 Å². The molecule has 0 aliphatic carbocycles. The highest BCUT2D eigenvalue weighted by molar-refractivity contribution is 6.08. The van der Waals surface area contributed by atoms with Gasteiger partial charge in [-0.05, 0) is 37.3 Å². The molecule has 34 heavy (non-hydrogen) atoms. The summed E-state index contributed by atoms with van der Waals surface area (Å²) >= 11 is 0. The Morgan fingerprint density at radius 1 is 0.971 bits per heavy atom. The number of ether oxygens (including phenoxy) is 1. The minimum Gasteiger partial charge on any atom is -0.406 e. The van der Waals surface area contributed by atoms with Crippen LogP contribution in [0, 0.1) is 6.92 Å². The molecule has 0 aliphatic heterocycles. The largest absolute Gasteiger partial charge is 0.573 e. The molecule has 0 radical (unpaired) electrons. The lowest BCUT2D eigenvalue weighted by Crippen LogP contribution is -2.17. The van der Waals surface area contributed by atoms with Crippen molar-refractivity contribution in [1.82, 2.24) is 14.6 Å². The van der Waals surface area contributed by atoms with Crippen molar-refractivity contribution in [2.24, 2.45) is 0 Å². The molecule has 0 unspecified atom stereocenters. The number of halogens is 6. The topological polar surface area (TPSA) is 68.5 Å². The van der Waals surface area contributed by atoms with Gasteiger partial charge >= 0.3 is 12.5 Å². The van der Waals surface area contributed by atoms with E-state index in [4.69, 9.17) is 0 Å². The third-order valence-electron chi connectivity index (χ3n) is 4.70. The number of carbonyl (C=O) groups is 1. The molecule has 0 atom stereocenters. The lowest BCUT2D eigenvalue weighted by atomic mass is 10.1. The summed E-state index contributed by atoms with van der Waals surface area (Å²) in [6.07, 6.45) is -8.72. The summed E-state index contributed by atoms with van der Waals surface area (Å²) in [4.78, 5) is 17.0. The molecule has 0 saturated carbocycles. The second-order valence-electron chi connectivity index (χ2n) is 7.21. The summed E-state index contributed by atoms with van der Waals surface area (Å²) in [6, 6.07) is 11.7. The average Bonchev–Trinajstić information content (AvgIpc) is 3.17. The van der Waals surface area contributed by atoms with Gasteiger partial charge in [0.2, 0.25) is 0 Å². The predicted octanol–water partition coefficient (Wildman–Crippen LogP) is 5.87. The number of rotatable bonds is 4. The Kier molecular flexibility index (Phi) is 5.67. The first kappa shape index (κ1) is 23.1. The number of aryl methyl sites for hydroxylation is 1. The second-order valence-corrected chi connectivity index (χ2v) is 7.21. The Hall–Kier alpha value is -4.09. The maximum Gasteiger partial charge on any atom is 0.573 e. The van der Waals surface area contributed by atoms with Crippen molar-refractivity contribution in [2.45, 2.75) is 19.5 Å². The van der Waals surface area contributed by atoms with Gasteiger partial charge < -0.3 is 10.1 Å². The van der Waals surface area contributed by atoms with Gasteiger partial charge in [0.1, 0.15) is 11.3 Å². The zero-order valence-corrected chi connectivity index (χ0v) is 17.2. The molecule has 6 nitrogen and oxygen atoms in total. The van der Waals surface area contributed by atoms with Gasteiger partial charge in [-0.3, -0.25) is 4.79 Å². The normalized spacial score (nSPS) is 12.1. The maximum absolute atomic E-state index is 13.7. The van der Waals surface area contributed by atoms with E-state index in [9.17, 15) is 31.1 Å². The fraction of sp³-hybridized carbons (Fsp3) is 0.136. The summed E-state index contributed by atoms with van der Waals surface area (Å²) in [7, 11) is 0. The molecule has 1 amide bonds. The minimum atomic E-state index is -4.88. The van der Waals surface area contributed by atoms with Crippen LogP contribution < -0.4 is 10.1 Å². The number of amides is 1. The smallest absolute Gasteiger partial charge is 0.406 e. The zero-order valence-electron chi connectivity index (χ0n) is 17.2. The summed E-state index contributed by atoms with van der Waals surface area (Å²) in [5, 5.41) is 6.08. The number of hydrogen-bond donors (Lipinski definition) is 1. The number of benzene rings is 2. The number of nitrogens with zero attached hydrogens (tertiary/aromatic N) is 3. The van der Waals surface area contributed by atoms with Crippen molar-refractivity contribution in [1.29, 1.82) is 0 Å². The third kappa shape index (κ3) is 4.95. The first-order chi connectivity index (χ1) is 15.9. The molecule has 0 spiro atoms. The zero-order chi connectivity index (χ0) is 24.7. The highest BCUT2D eigenvalue weighted by Gasteiger charge is 2.36. The van der Waals surface area contributed by atoms with Crippen LogP contribution in [0.1, 0.15) is 21.6 Å². The van der Waals surface area contributed by atoms with Gasteiger partial charge in [0.25, 0.3) is 5.91 Å². The third-order valence-corrected chi connectivity index (χ3v) is 4.70. The van der Waals surface area contributed by atoms with E-state index in [1.54, 1.807) is 24.3 Å². The number of fused-ring (bicyclic) bond motifs is 1. The van der Waals surface area contributed by atoms with Gasteiger partial charge in [-0.15, -0.1) is 13.2 Å². The van der Waals surface area contributed by atoms with Gasteiger partial charge in [-0.1, -0.05) is 29.8 Å². The summed E-state index contributed by atoms with van der Waals surface area (Å²) in [5.41, 5.74) is -0.327. The number of nitrogens with one attached hydrogen (secondary N) is 1. The van der Waals surface area contributed by atoms with E-state index in [-0.39, 0.29) is 22.6 Å². The minimum absolute atomic E-state index is 0.0111. The molecule has 0 bridgehead atoms. The summed E-state index contributed by atoms with van der Waals surface area (Å²) in [6.45, 7) is 1.82. The fourth-order valence-corrected chi connectivity index (χ4v) is 3.14.